The van der Waals surface area contributed by atoms with Crippen LogP contribution >= 0.6 is 11.3 Å². The van der Waals surface area contributed by atoms with Gasteiger partial charge in [0.2, 0.25) is 5.88 Å². The molecule has 30 heavy (non-hydrogen) atoms. The van der Waals surface area contributed by atoms with Gasteiger partial charge in [-0.1, -0.05) is 30.3 Å². The van der Waals surface area contributed by atoms with Crippen molar-refractivity contribution in [2.24, 2.45) is 0 Å². The third-order valence-corrected chi connectivity index (χ3v) is 5.97. The SMILES string of the molecule is Nc1cccc2c1sc1c(=O)oc(Nc3ccc(Oc4ccccc4)cc3)c(N)c12. The van der Waals surface area contributed by atoms with E-state index >= 15 is 0 Å². The molecule has 7 heteroatoms. The number of anilines is 4. The molecular weight excluding hydrogens is 398 g/mol. The molecule has 0 amide bonds. The van der Waals surface area contributed by atoms with E-state index in [-0.39, 0.29) is 5.88 Å². The van der Waals surface area contributed by atoms with Crippen LogP contribution in [-0.2, 0) is 0 Å². The Balaban J connectivity index is 1.49. The minimum absolute atomic E-state index is 0.200. The molecule has 0 aliphatic carbocycles. The van der Waals surface area contributed by atoms with Crippen LogP contribution in [0, 0.1) is 0 Å². The maximum Gasteiger partial charge on any atom is 0.355 e. The van der Waals surface area contributed by atoms with E-state index in [4.69, 9.17) is 20.6 Å². The van der Waals surface area contributed by atoms with Gasteiger partial charge in [-0.25, -0.2) is 4.79 Å². The number of ether oxygens (including phenoxy) is 1. The van der Waals surface area contributed by atoms with Gasteiger partial charge in [0, 0.05) is 22.1 Å². The zero-order chi connectivity index (χ0) is 20.7. The molecule has 5 aromatic rings. The topological polar surface area (TPSA) is 104 Å². The van der Waals surface area contributed by atoms with E-state index in [1.165, 1.54) is 11.3 Å². The number of benzene rings is 3. The van der Waals surface area contributed by atoms with Gasteiger partial charge in [0.1, 0.15) is 21.9 Å². The third kappa shape index (κ3) is 3.11. The molecule has 0 spiro atoms. The number of hydrogen-bond acceptors (Lipinski definition) is 7. The Morgan fingerprint density at radius 2 is 1.57 bits per heavy atom. The standard InChI is InChI=1S/C23H17N3O3S/c24-17-8-4-7-16-18-19(25)22(29-23(27)21(18)30-20(16)17)26-13-9-11-15(12-10-13)28-14-5-2-1-3-6-14/h1-12,26H,24-25H2. The molecule has 0 saturated carbocycles. The van der Waals surface area contributed by atoms with Gasteiger partial charge < -0.3 is 25.9 Å². The highest BCUT2D eigenvalue weighted by Crippen LogP contribution is 2.41. The predicted octanol–water partition coefficient (Wildman–Crippen LogP) is 5.71. The van der Waals surface area contributed by atoms with E-state index in [1.807, 2.05) is 66.7 Å². The fraction of sp³-hybridized carbons (Fsp3) is 0. The van der Waals surface area contributed by atoms with Crippen molar-refractivity contribution in [3.63, 3.8) is 0 Å². The molecule has 0 radical (unpaired) electrons. The zero-order valence-electron chi connectivity index (χ0n) is 15.7. The van der Waals surface area contributed by atoms with Gasteiger partial charge in [-0.2, -0.15) is 0 Å². The van der Waals surface area contributed by atoms with Crippen LogP contribution in [0.15, 0.2) is 82.0 Å². The molecule has 0 unspecified atom stereocenters. The van der Waals surface area contributed by atoms with Crippen LogP contribution in [0.25, 0.3) is 20.2 Å². The molecule has 5 rings (SSSR count). The van der Waals surface area contributed by atoms with Gasteiger partial charge >= 0.3 is 5.63 Å². The first-order chi connectivity index (χ1) is 14.6. The van der Waals surface area contributed by atoms with Crippen molar-refractivity contribution < 1.29 is 9.15 Å². The second-order valence-electron chi connectivity index (χ2n) is 6.73. The number of nitrogen functional groups attached to an aromatic ring is 2. The first-order valence-electron chi connectivity index (χ1n) is 9.23. The summed E-state index contributed by atoms with van der Waals surface area (Å²) in [7, 11) is 0. The third-order valence-electron chi connectivity index (χ3n) is 4.73. The molecule has 0 atom stereocenters. The van der Waals surface area contributed by atoms with Gasteiger partial charge in [-0.15, -0.1) is 11.3 Å². The second kappa shape index (κ2) is 7.13. The van der Waals surface area contributed by atoms with E-state index in [1.54, 1.807) is 6.07 Å². The highest BCUT2D eigenvalue weighted by atomic mass is 32.1. The van der Waals surface area contributed by atoms with Crippen LogP contribution in [0.4, 0.5) is 22.9 Å². The number of rotatable bonds is 4. The highest BCUT2D eigenvalue weighted by Gasteiger charge is 2.18. The van der Waals surface area contributed by atoms with E-state index in [9.17, 15) is 4.79 Å². The van der Waals surface area contributed by atoms with E-state index in [0.717, 1.165) is 15.8 Å². The normalized spacial score (nSPS) is 11.1. The maximum atomic E-state index is 12.6. The van der Waals surface area contributed by atoms with Crippen molar-refractivity contribution in [3.05, 3.63) is 83.2 Å². The number of hydrogen-bond donors (Lipinski definition) is 3. The smallest absolute Gasteiger partial charge is 0.355 e. The molecule has 3 aromatic carbocycles. The first kappa shape index (κ1) is 18.1. The summed E-state index contributed by atoms with van der Waals surface area (Å²) >= 11 is 1.29. The van der Waals surface area contributed by atoms with Gasteiger partial charge in [0.15, 0.2) is 0 Å². The van der Waals surface area contributed by atoms with E-state index in [0.29, 0.717) is 32.9 Å². The van der Waals surface area contributed by atoms with Gasteiger partial charge in [0.05, 0.1) is 4.70 Å². The molecule has 148 valence electrons. The van der Waals surface area contributed by atoms with Crippen LogP contribution in [0.3, 0.4) is 0 Å². The van der Waals surface area contributed by atoms with Gasteiger partial charge in [0.25, 0.3) is 0 Å². The summed E-state index contributed by atoms with van der Waals surface area (Å²) in [5.74, 6) is 1.64. The number of nitrogens with one attached hydrogen (secondary N) is 1. The second-order valence-corrected chi connectivity index (χ2v) is 7.75. The molecule has 0 aliphatic rings. The summed E-state index contributed by atoms with van der Waals surface area (Å²) in [6.45, 7) is 0. The molecule has 0 saturated heterocycles. The van der Waals surface area contributed by atoms with E-state index < -0.39 is 5.63 Å². The van der Waals surface area contributed by atoms with Crippen molar-refractivity contribution in [1.29, 1.82) is 0 Å². The Bertz CT molecular complexity index is 1420. The van der Waals surface area contributed by atoms with Crippen LogP contribution < -0.4 is 27.1 Å². The van der Waals surface area contributed by atoms with Gasteiger partial charge in [-0.05, 0) is 42.5 Å². The fourth-order valence-corrected chi connectivity index (χ4v) is 4.43. The largest absolute Gasteiger partial charge is 0.457 e. The monoisotopic (exact) mass is 415 g/mol. The lowest BCUT2D eigenvalue weighted by Crippen LogP contribution is -2.05. The lowest BCUT2D eigenvalue weighted by atomic mass is 10.1. The van der Waals surface area contributed by atoms with Crippen LogP contribution in [0.5, 0.6) is 11.5 Å². The van der Waals surface area contributed by atoms with Crippen molar-refractivity contribution in [2.45, 2.75) is 0 Å². The lowest BCUT2D eigenvalue weighted by Gasteiger charge is -2.10. The minimum atomic E-state index is -0.452. The van der Waals surface area contributed by atoms with Crippen molar-refractivity contribution in [1.82, 2.24) is 0 Å². The maximum absolute atomic E-state index is 12.6. The summed E-state index contributed by atoms with van der Waals surface area (Å²) in [4.78, 5) is 12.6. The number of nitrogens with two attached hydrogens (primary N) is 2. The van der Waals surface area contributed by atoms with Crippen molar-refractivity contribution in [2.75, 3.05) is 16.8 Å². The summed E-state index contributed by atoms with van der Waals surface area (Å²) in [5.41, 5.74) is 13.7. The Hall–Kier alpha value is -3.97. The highest BCUT2D eigenvalue weighted by molar-refractivity contribution is 7.26. The lowest BCUT2D eigenvalue weighted by molar-refractivity contribution is 0.483. The Morgan fingerprint density at radius 3 is 2.33 bits per heavy atom. The van der Waals surface area contributed by atoms with E-state index in [2.05, 4.69) is 5.32 Å². The first-order valence-corrected chi connectivity index (χ1v) is 10.0. The molecule has 0 fully saturated rings. The molecule has 2 heterocycles. The van der Waals surface area contributed by atoms with Crippen LogP contribution in [-0.4, -0.2) is 0 Å². The van der Waals surface area contributed by atoms with Crippen molar-refractivity contribution >= 4 is 54.5 Å². The average molecular weight is 415 g/mol. The van der Waals surface area contributed by atoms with Crippen molar-refractivity contribution in [3.8, 4) is 11.5 Å². The minimum Gasteiger partial charge on any atom is -0.457 e. The quantitative estimate of drug-likeness (QED) is 0.325. The molecular formula is C23H17N3O3S. The molecule has 6 nitrogen and oxygen atoms in total. The number of fused-ring (bicyclic) bond motifs is 3. The predicted molar refractivity (Wildman–Crippen MR) is 123 cm³/mol. The molecule has 2 aromatic heterocycles. The molecule has 0 bridgehead atoms. The summed E-state index contributed by atoms with van der Waals surface area (Å²) in [6, 6.07) is 22.4. The molecule has 5 N–H and O–H groups in total. The summed E-state index contributed by atoms with van der Waals surface area (Å²) < 4.78 is 12.5. The molecule has 0 aliphatic heterocycles. The summed E-state index contributed by atoms with van der Waals surface area (Å²) in [5, 5.41) is 4.59. The number of para-hydroxylation sites is 1. The summed E-state index contributed by atoms with van der Waals surface area (Å²) in [6.07, 6.45) is 0. The number of thiophene rings is 1. The Morgan fingerprint density at radius 1 is 0.833 bits per heavy atom. The Kier molecular flexibility index (Phi) is 4.30. The fourth-order valence-electron chi connectivity index (χ4n) is 3.31. The zero-order valence-corrected chi connectivity index (χ0v) is 16.5. The van der Waals surface area contributed by atoms with Gasteiger partial charge in [-0.3, -0.25) is 0 Å². The van der Waals surface area contributed by atoms with Crippen LogP contribution in [0.1, 0.15) is 0 Å². The average Bonchev–Trinajstić information content (AvgIpc) is 3.16. The van der Waals surface area contributed by atoms with Crippen LogP contribution in [0.2, 0.25) is 0 Å². The Labute approximate surface area is 175 Å².